The van der Waals surface area contributed by atoms with Crippen LogP contribution in [-0.4, -0.2) is 25.9 Å². The van der Waals surface area contributed by atoms with Crippen LogP contribution >= 0.6 is 11.8 Å². The Hall–Kier alpha value is -2.15. The Morgan fingerprint density at radius 2 is 2.09 bits per heavy atom. The average molecular weight is 336 g/mol. The largest absolute Gasteiger partial charge is 0.480 e. The molecule has 0 aliphatic heterocycles. The topological polar surface area (TPSA) is 72.2 Å². The molecule has 0 radical (unpaired) electrons. The van der Waals surface area contributed by atoms with Gasteiger partial charge in [-0.3, -0.25) is 14.2 Å². The number of hydrogen-bond acceptors (Lipinski definition) is 4. The number of aryl methyl sites for hydroxylation is 1. The second-order valence-electron chi connectivity index (χ2n) is 5.19. The zero-order valence-electron chi connectivity index (χ0n) is 13.0. The maximum Gasteiger partial charge on any atom is 0.316 e. The van der Waals surface area contributed by atoms with E-state index in [4.69, 9.17) is 5.11 Å². The number of benzene rings is 1. The summed E-state index contributed by atoms with van der Waals surface area (Å²) in [6.45, 7) is 3.20. The first-order valence-electron chi connectivity index (χ1n) is 7.00. The summed E-state index contributed by atoms with van der Waals surface area (Å²) in [7, 11) is 1.54. The van der Waals surface area contributed by atoms with E-state index in [2.05, 4.69) is 4.98 Å². The molecule has 7 heteroatoms. The summed E-state index contributed by atoms with van der Waals surface area (Å²) in [5.74, 6) is -1.34. The zero-order chi connectivity index (χ0) is 17.1. The maximum absolute atomic E-state index is 13.8. The standard InChI is InChI=1S/C16H17FN2O3S/c1-9-12(8-11-6-4-5-7-13(11)17)14(20)19(3)16(18-9)23-10(2)15(21)22/h4-7,10H,8H2,1-3H3,(H,21,22). The van der Waals surface area contributed by atoms with Crippen molar-refractivity contribution in [2.24, 2.45) is 7.05 Å². The predicted octanol–water partition coefficient (Wildman–Crippen LogP) is 2.38. The second-order valence-corrected chi connectivity index (χ2v) is 6.50. The normalized spacial score (nSPS) is 12.2. The molecule has 0 saturated carbocycles. The Morgan fingerprint density at radius 1 is 1.43 bits per heavy atom. The van der Waals surface area contributed by atoms with E-state index in [1.54, 1.807) is 25.1 Å². The van der Waals surface area contributed by atoms with Gasteiger partial charge < -0.3 is 5.11 Å². The molecule has 5 nitrogen and oxygen atoms in total. The molecule has 122 valence electrons. The lowest BCUT2D eigenvalue weighted by Gasteiger charge is -2.13. The minimum Gasteiger partial charge on any atom is -0.480 e. The number of nitrogens with zero attached hydrogens (tertiary/aromatic N) is 2. The lowest BCUT2D eigenvalue weighted by atomic mass is 10.0. The summed E-state index contributed by atoms with van der Waals surface area (Å²) in [5, 5.41) is 8.59. The Labute approximate surface area is 137 Å². The summed E-state index contributed by atoms with van der Waals surface area (Å²) in [6, 6.07) is 6.28. The summed E-state index contributed by atoms with van der Waals surface area (Å²) in [6.07, 6.45) is 0.150. The van der Waals surface area contributed by atoms with E-state index in [9.17, 15) is 14.0 Å². The zero-order valence-corrected chi connectivity index (χ0v) is 13.9. The number of carbonyl (C=O) groups is 1. The average Bonchev–Trinajstić information content (AvgIpc) is 2.50. The summed E-state index contributed by atoms with van der Waals surface area (Å²) in [4.78, 5) is 27.8. The third-order valence-electron chi connectivity index (χ3n) is 3.50. The highest BCUT2D eigenvalue weighted by Gasteiger charge is 2.19. The molecular weight excluding hydrogens is 319 g/mol. The Kier molecular flexibility index (Phi) is 5.20. The molecule has 1 aromatic carbocycles. The first kappa shape index (κ1) is 17.2. The van der Waals surface area contributed by atoms with Crippen LogP contribution in [0.2, 0.25) is 0 Å². The van der Waals surface area contributed by atoms with Crippen molar-refractivity contribution in [2.75, 3.05) is 0 Å². The van der Waals surface area contributed by atoms with Gasteiger partial charge in [0.1, 0.15) is 11.1 Å². The minimum absolute atomic E-state index is 0.150. The van der Waals surface area contributed by atoms with Gasteiger partial charge in [-0.15, -0.1) is 0 Å². The minimum atomic E-state index is -0.975. The predicted molar refractivity (Wildman–Crippen MR) is 86.4 cm³/mol. The first-order chi connectivity index (χ1) is 10.8. The molecule has 23 heavy (non-hydrogen) atoms. The number of thioether (sulfide) groups is 1. The summed E-state index contributed by atoms with van der Waals surface area (Å²) < 4.78 is 15.1. The molecular formula is C16H17FN2O3S. The van der Waals surface area contributed by atoms with E-state index in [1.807, 2.05) is 0 Å². The van der Waals surface area contributed by atoms with E-state index in [0.29, 0.717) is 22.0 Å². The van der Waals surface area contributed by atoms with E-state index in [0.717, 1.165) is 11.8 Å². The Bertz CT molecular complexity index is 804. The number of carboxylic acid groups (broad SMARTS) is 1. The number of halogens is 1. The van der Waals surface area contributed by atoms with E-state index < -0.39 is 11.2 Å². The number of hydrogen-bond donors (Lipinski definition) is 1. The third kappa shape index (κ3) is 3.79. The van der Waals surface area contributed by atoms with Gasteiger partial charge in [-0.1, -0.05) is 30.0 Å². The highest BCUT2D eigenvalue weighted by molar-refractivity contribution is 8.00. The van der Waals surface area contributed by atoms with Crippen LogP contribution in [-0.2, 0) is 18.3 Å². The molecule has 2 rings (SSSR count). The van der Waals surface area contributed by atoms with Crippen molar-refractivity contribution in [3.8, 4) is 0 Å². The maximum atomic E-state index is 13.8. The van der Waals surface area contributed by atoms with Crippen LogP contribution < -0.4 is 5.56 Å². The van der Waals surface area contributed by atoms with Crippen LogP contribution in [0.25, 0.3) is 0 Å². The van der Waals surface area contributed by atoms with Gasteiger partial charge in [0.25, 0.3) is 5.56 Å². The third-order valence-corrected chi connectivity index (χ3v) is 4.64. The van der Waals surface area contributed by atoms with Gasteiger partial charge >= 0.3 is 5.97 Å². The van der Waals surface area contributed by atoms with Crippen molar-refractivity contribution in [3.63, 3.8) is 0 Å². The Balaban J connectivity index is 2.40. The molecule has 2 aromatic rings. The Morgan fingerprint density at radius 3 is 2.70 bits per heavy atom. The molecule has 0 saturated heterocycles. The van der Waals surface area contributed by atoms with Gasteiger partial charge in [-0.25, -0.2) is 9.37 Å². The van der Waals surface area contributed by atoms with Crippen molar-refractivity contribution in [1.29, 1.82) is 0 Å². The van der Waals surface area contributed by atoms with Gasteiger partial charge in [0.2, 0.25) is 0 Å². The van der Waals surface area contributed by atoms with Gasteiger partial charge in [0.05, 0.1) is 0 Å². The van der Waals surface area contributed by atoms with Crippen LogP contribution in [0.3, 0.4) is 0 Å². The van der Waals surface area contributed by atoms with Crippen molar-refractivity contribution in [2.45, 2.75) is 30.7 Å². The highest BCUT2D eigenvalue weighted by atomic mass is 32.2. The fraction of sp³-hybridized carbons (Fsp3) is 0.312. The molecule has 1 aromatic heterocycles. The van der Waals surface area contributed by atoms with E-state index in [1.165, 1.54) is 24.6 Å². The lowest BCUT2D eigenvalue weighted by molar-refractivity contribution is -0.136. The number of carboxylic acids is 1. The highest BCUT2D eigenvalue weighted by Crippen LogP contribution is 2.21. The fourth-order valence-electron chi connectivity index (χ4n) is 2.08. The molecule has 0 bridgehead atoms. The quantitative estimate of drug-likeness (QED) is 0.670. The van der Waals surface area contributed by atoms with Gasteiger partial charge in [0.15, 0.2) is 5.16 Å². The van der Waals surface area contributed by atoms with E-state index in [-0.39, 0.29) is 17.8 Å². The molecule has 1 N–H and O–H groups in total. The molecule has 0 spiro atoms. The first-order valence-corrected chi connectivity index (χ1v) is 7.88. The SMILES string of the molecule is Cc1nc(SC(C)C(=O)O)n(C)c(=O)c1Cc1ccccc1F. The van der Waals surface area contributed by atoms with Gasteiger partial charge in [-0.2, -0.15) is 0 Å². The molecule has 0 fully saturated rings. The molecule has 0 amide bonds. The van der Waals surface area contributed by atoms with Crippen LogP contribution in [0.1, 0.15) is 23.7 Å². The lowest BCUT2D eigenvalue weighted by Crippen LogP contribution is -2.27. The summed E-state index contributed by atoms with van der Waals surface area (Å²) >= 11 is 1.00. The van der Waals surface area contributed by atoms with Crippen molar-refractivity contribution < 1.29 is 14.3 Å². The molecule has 1 heterocycles. The fourth-order valence-corrected chi connectivity index (χ4v) is 2.93. The number of aromatic nitrogens is 2. The van der Waals surface area contributed by atoms with Gasteiger partial charge in [-0.05, 0) is 25.5 Å². The van der Waals surface area contributed by atoms with Crippen LogP contribution in [0.5, 0.6) is 0 Å². The molecule has 1 unspecified atom stereocenters. The number of aliphatic carboxylic acids is 1. The van der Waals surface area contributed by atoms with Crippen molar-refractivity contribution in [3.05, 3.63) is 57.3 Å². The van der Waals surface area contributed by atoms with Crippen molar-refractivity contribution >= 4 is 17.7 Å². The second kappa shape index (κ2) is 6.95. The monoisotopic (exact) mass is 336 g/mol. The molecule has 0 aliphatic rings. The summed E-state index contributed by atoms with van der Waals surface area (Å²) in [5.41, 5.74) is 1.02. The molecule has 0 aliphatic carbocycles. The van der Waals surface area contributed by atoms with E-state index >= 15 is 0 Å². The smallest absolute Gasteiger partial charge is 0.316 e. The van der Waals surface area contributed by atoms with Crippen molar-refractivity contribution in [1.82, 2.24) is 9.55 Å². The van der Waals surface area contributed by atoms with Crippen LogP contribution in [0.15, 0.2) is 34.2 Å². The van der Waals surface area contributed by atoms with Gasteiger partial charge in [0, 0.05) is 24.7 Å². The molecule has 1 atom stereocenters. The number of rotatable bonds is 5. The van der Waals surface area contributed by atoms with Crippen LogP contribution in [0.4, 0.5) is 4.39 Å². The van der Waals surface area contributed by atoms with Crippen LogP contribution in [0, 0.1) is 12.7 Å².